The van der Waals surface area contributed by atoms with Gasteiger partial charge in [-0.2, -0.15) is 0 Å². The van der Waals surface area contributed by atoms with E-state index in [-0.39, 0.29) is 11.1 Å². The highest BCUT2D eigenvalue weighted by Crippen LogP contribution is 2.40. The summed E-state index contributed by atoms with van der Waals surface area (Å²) in [6.45, 7) is 12.1. The van der Waals surface area contributed by atoms with Gasteiger partial charge in [-0.25, -0.2) is 0 Å². The van der Waals surface area contributed by atoms with Gasteiger partial charge < -0.3 is 31.3 Å². The highest BCUT2D eigenvalue weighted by molar-refractivity contribution is 6.63. The van der Waals surface area contributed by atoms with E-state index in [0.717, 1.165) is 0 Å². The number of hydrogen-bond donors (Lipinski definition) is 0. The molecule has 0 saturated heterocycles. The van der Waals surface area contributed by atoms with Crippen molar-refractivity contribution in [2.24, 2.45) is 0 Å². The SMILES string of the molecule is C=C(OC(=C)C(CC)[Si](OC)(OC)OC)C(CC)[Si](OC)(OC)OC. The standard InChI is InChI=1S/C16H34O7Si2/c1-11-15(24(17-5,18-6)19-7)13(3)23-14(4)16(12-2)25(20-8,21-9)22-10/h15-16H,3-4,11-12H2,1-2,5-10H3. The van der Waals surface area contributed by atoms with Crippen LogP contribution < -0.4 is 0 Å². The first-order chi connectivity index (χ1) is 11.8. The Kier molecular flexibility index (Phi) is 11.0. The number of hydrogen-bond acceptors (Lipinski definition) is 7. The lowest BCUT2D eigenvalue weighted by molar-refractivity contribution is 0.0970. The zero-order valence-corrected chi connectivity index (χ0v) is 18.8. The molecule has 25 heavy (non-hydrogen) atoms. The van der Waals surface area contributed by atoms with Crippen LogP contribution in [0.3, 0.4) is 0 Å². The van der Waals surface area contributed by atoms with Crippen LogP contribution >= 0.6 is 0 Å². The predicted octanol–water partition coefficient (Wildman–Crippen LogP) is 3.35. The molecule has 0 bridgehead atoms. The van der Waals surface area contributed by atoms with Crippen molar-refractivity contribution < 1.29 is 31.3 Å². The van der Waals surface area contributed by atoms with Gasteiger partial charge in [-0.05, 0) is 12.8 Å². The Morgan fingerprint density at radius 2 is 0.880 bits per heavy atom. The molecule has 0 aliphatic rings. The largest absolute Gasteiger partial charge is 0.511 e. The molecule has 0 aromatic heterocycles. The molecule has 0 aromatic carbocycles. The summed E-state index contributed by atoms with van der Waals surface area (Å²) in [6.07, 6.45) is 1.37. The molecular formula is C16H34O7Si2. The summed E-state index contributed by atoms with van der Waals surface area (Å²) in [4.78, 5) is 0. The van der Waals surface area contributed by atoms with E-state index >= 15 is 0 Å². The van der Waals surface area contributed by atoms with Gasteiger partial charge in [0.2, 0.25) is 0 Å². The number of rotatable bonds is 14. The second-order valence-corrected chi connectivity index (χ2v) is 11.6. The third-order valence-corrected chi connectivity index (χ3v) is 11.0. The maximum Gasteiger partial charge on any atom is 0.511 e. The average molecular weight is 395 g/mol. The summed E-state index contributed by atoms with van der Waals surface area (Å²) >= 11 is 0. The Labute approximate surface area is 154 Å². The second kappa shape index (κ2) is 11.2. The van der Waals surface area contributed by atoms with Crippen LogP contribution in [0.5, 0.6) is 0 Å². The van der Waals surface area contributed by atoms with Gasteiger partial charge in [0.1, 0.15) is 11.5 Å². The smallest absolute Gasteiger partial charge is 0.467 e. The Bertz CT molecular complexity index is 368. The maximum atomic E-state index is 5.98. The van der Waals surface area contributed by atoms with E-state index in [4.69, 9.17) is 31.3 Å². The van der Waals surface area contributed by atoms with Crippen LogP contribution in [-0.4, -0.2) is 60.3 Å². The highest BCUT2D eigenvalue weighted by atomic mass is 28.4. The summed E-state index contributed by atoms with van der Waals surface area (Å²) in [6, 6.07) is 0. The van der Waals surface area contributed by atoms with Crippen molar-refractivity contribution in [2.45, 2.75) is 37.8 Å². The van der Waals surface area contributed by atoms with Crippen LogP contribution in [0.25, 0.3) is 0 Å². The van der Waals surface area contributed by atoms with E-state index in [9.17, 15) is 0 Å². The topological polar surface area (TPSA) is 64.6 Å². The molecule has 0 fully saturated rings. The summed E-state index contributed by atoms with van der Waals surface area (Å²) in [5.74, 6) is 0.962. The Hall–Kier alpha value is -0.526. The normalized spacial score (nSPS) is 14.9. The molecule has 2 unspecified atom stereocenters. The summed E-state index contributed by atoms with van der Waals surface area (Å²) in [5, 5.41) is 0. The Balaban J connectivity index is 5.46. The van der Waals surface area contributed by atoms with Crippen molar-refractivity contribution in [2.75, 3.05) is 42.7 Å². The van der Waals surface area contributed by atoms with E-state index in [1.165, 1.54) is 0 Å². The summed E-state index contributed by atoms with van der Waals surface area (Å²) < 4.78 is 39.4. The highest BCUT2D eigenvalue weighted by Gasteiger charge is 2.51. The van der Waals surface area contributed by atoms with Gasteiger partial charge in [0.15, 0.2) is 0 Å². The van der Waals surface area contributed by atoms with E-state index in [2.05, 4.69) is 13.2 Å². The van der Waals surface area contributed by atoms with Crippen molar-refractivity contribution in [1.29, 1.82) is 0 Å². The van der Waals surface area contributed by atoms with Crippen molar-refractivity contribution >= 4 is 17.6 Å². The zero-order valence-electron chi connectivity index (χ0n) is 16.8. The average Bonchev–Trinajstić information content (AvgIpc) is 2.64. The molecule has 0 aliphatic carbocycles. The molecule has 0 heterocycles. The molecule has 7 nitrogen and oxygen atoms in total. The van der Waals surface area contributed by atoms with Gasteiger partial charge in [0.25, 0.3) is 0 Å². The van der Waals surface area contributed by atoms with Gasteiger partial charge >= 0.3 is 17.6 Å². The predicted molar refractivity (Wildman–Crippen MR) is 101 cm³/mol. The van der Waals surface area contributed by atoms with Crippen LogP contribution in [0.1, 0.15) is 26.7 Å². The molecule has 0 radical (unpaired) electrons. The maximum absolute atomic E-state index is 5.98. The van der Waals surface area contributed by atoms with Gasteiger partial charge in [0, 0.05) is 42.7 Å². The van der Waals surface area contributed by atoms with Crippen LogP contribution in [-0.2, 0) is 31.3 Å². The van der Waals surface area contributed by atoms with E-state index in [0.29, 0.717) is 24.4 Å². The fourth-order valence-electron chi connectivity index (χ4n) is 3.01. The van der Waals surface area contributed by atoms with Gasteiger partial charge in [-0.3, -0.25) is 0 Å². The monoisotopic (exact) mass is 394 g/mol. The molecule has 148 valence electrons. The molecule has 0 aromatic rings. The third-order valence-electron chi connectivity index (χ3n) is 4.42. The first-order valence-corrected chi connectivity index (χ1v) is 11.8. The number of ether oxygens (including phenoxy) is 1. The van der Waals surface area contributed by atoms with Crippen LogP contribution in [0.15, 0.2) is 24.7 Å². The quantitative estimate of drug-likeness (QED) is 0.331. The third kappa shape index (κ3) is 5.23. The number of allylic oxidation sites excluding steroid dienone is 2. The van der Waals surface area contributed by atoms with Gasteiger partial charge in [0.05, 0.1) is 11.1 Å². The summed E-state index contributed by atoms with van der Waals surface area (Å²) in [7, 11) is 3.52. The van der Waals surface area contributed by atoms with E-state index < -0.39 is 17.6 Å². The van der Waals surface area contributed by atoms with E-state index in [1.807, 2.05) is 13.8 Å². The molecule has 0 amide bonds. The van der Waals surface area contributed by atoms with Crippen LogP contribution in [0.2, 0.25) is 11.1 Å². The molecule has 0 N–H and O–H groups in total. The summed E-state index contributed by atoms with van der Waals surface area (Å²) in [5.41, 5.74) is -0.462. The van der Waals surface area contributed by atoms with E-state index in [1.54, 1.807) is 42.7 Å². The fraction of sp³-hybridized carbons (Fsp3) is 0.750. The second-order valence-electron chi connectivity index (χ2n) is 5.39. The van der Waals surface area contributed by atoms with Crippen LogP contribution in [0.4, 0.5) is 0 Å². The molecule has 0 saturated carbocycles. The van der Waals surface area contributed by atoms with Gasteiger partial charge in [-0.15, -0.1) is 0 Å². The fourth-order valence-corrected chi connectivity index (χ4v) is 7.63. The molecule has 9 heteroatoms. The van der Waals surface area contributed by atoms with Crippen LogP contribution in [0, 0.1) is 0 Å². The molecule has 0 rings (SSSR count). The minimum atomic E-state index is -2.94. The first-order valence-electron chi connectivity index (χ1n) is 8.18. The molecule has 0 aliphatic heterocycles. The Morgan fingerprint density at radius 3 is 1.04 bits per heavy atom. The lowest BCUT2D eigenvalue weighted by atomic mass is 10.2. The zero-order chi connectivity index (χ0) is 19.7. The molecule has 2 atom stereocenters. The van der Waals surface area contributed by atoms with Gasteiger partial charge in [-0.1, -0.05) is 27.0 Å². The van der Waals surface area contributed by atoms with Crippen molar-refractivity contribution in [1.82, 2.24) is 0 Å². The minimum Gasteiger partial charge on any atom is -0.467 e. The lowest BCUT2D eigenvalue weighted by Crippen LogP contribution is -2.49. The van der Waals surface area contributed by atoms with Crippen molar-refractivity contribution in [3.05, 3.63) is 24.7 Å². The van der Waals surface area contributed by atoms with Crippen molar-refractivity contribution in [3.63, 3.8) is 0 Å². The van der Waals surface area contributed by atoms with Crippen molar-refractivity contribution in [3.8, 4) is 0 Å². The lowest BCUT2D eigenvalue weighted by Gasteiger charge is -2.35. The Morgan fingerprint density at radius 1 is 0.640 bits per heavy atom. The first kappa shape index (κ1) is 24.5. The molecule has 0 spiro atoms. The molecular weight excluding hydrogens is 360 g/mol. The minimum absolute atomic E-state index is 0.231.